The van der Waals surface area contributed by atoms with Crippen molar-refractivity contribution in [2.45, 2.75) is 47.9 Å². The van der Waals surface area contributed by atoms with Gasteiger partial charge in [-0.25, -0.2) is 17.2 Å². The Labute approximate surface area is 193 Å². The second kappa shape index (κ2) is 8.56. The highest BCUT2D eigenvalue weighted by Gasteiger charge is 2.50. The first-order valence-corrected chi connectivity index (χ1v) is 12.4. The quantitative estimate of drug-likeness (QED) is 0.458. The molecule has 11 heteroatoms. The molecule has 0 atom stereocenters. The fourth-order valence-corrected chi connectivity index (χ4v) is 6.12. The van der Waals surface area contributed by atoms with E-state index in [1.807, 2.05) is 6.07 Å². The van der Waals surface area contributed by atoms with Crippen molar-refractivity contribution in [2.24, 2.45) is 0 Å². The van der Waals surface area contributed by atoms with Crippen LogP contribution in [0.15, 0.2) is 35.2 Å². The Morgan fingerprint density at radius 1 is 0.765 bits per heavy atom. The normalized spacial score (nSPS) is 21.7. The molecule has 0 saturated carbocycles. The molecular formula is C23H22F4O6S. The van der Waals surface area contributed by atoms with Crippen molar-refractivity contribution >= 4 is 9.84 Å². The minimum Gasteiger partial charge on any atom is -0.343 e. The minimum atomic E-state index is -4.84. The molecule has 0 radical (unpaired) electrons. The molecule has 2 aliphatic carbocycles. The van der Waals surface area contributed by atoms with Crippen LogP contribution < -0.4 is 0 Å². The SMILES string of the molecule is Fc1cccc2c1CCC21OCCO1.O=S(=O)(c1ccc(F)c2c1C1(CC2)OCCO1)C(F)F. The van der Waals surface area contributed by atoms with E-state index >= 15 is 0 Å². The van der Waals surface area contributed by atoms with Gasteiger partial charge in [0.1, 0.15) is 11.6 Å². The molecule has 2 aromatic rings. The van der Waals surface area contributed by atoms with Crippen LogP contribution in [-0.4, -0.2) is 40.6 Å². The fraction of sp³-hybridized carbons (Fsp3) is 0.478. The molecule has 0 amide bonds. The third-order valence-corrected chi connectivity index (χ3v) is 8.01. The third kappa shape index (κ3) is 3.65. The molecule has 6 nitrogen and oxygen atoms in total. The predicted molar refractivity (Wildman–Crippen MR) is 110 cm³/mol. The molecule has 2 spiro atoms. The van der Waals surface area contributed by atoms with Gasteiger partial charge < -0.3 is 18.9 Å². The molecule has 2 heterocycles. The maximum atomic E-state index is 13.8. The first kappa shape index (κ1) is 23.7. The summed E-state index contributed by atoms with van der Waals surface area (Å²) in [5, 5.41) is 0. The summed E-state index contributed by atoms with van der Waals surface area (Å²) in [5.41, 5.74) is 1.62. The number of hydrogen-bond acceptors (Lipinski definition) is 6. The standard InChI is InChI=1S/C12H11F3O4S.C11H11FO2/c13-8-1-2-9(20(16,17)11(14)15)10-7(8)3-4-12(10)18-5-6-19-12;12-10-3-1-2-9-8(10)4-5-11(9)13-6-7-14-11/h1-2,11H,3-6H2;1-3H,4-7H2. The van der Waals surface area contributed by atoms with Crippen molar-refractivity contribution in [1.82, 2.24) is 0 Å². The lowest BCUT2D eigenvalue weighted by atomic mass is 10.1. The first-order valence-electron chi connectivity index (χ1n) is 10.9. The summed E-state index contributed by atoms with van der Waals surface area (Å²) in [4.78, 5) is -0.608. The Morgan fingerprint density at radius 2 is 1.32 bits per heavy atom. The average molecular weight is 502 g/mol. The fourth-order valence-electron chi connectivity index (χ4n) is 5.10. The zero-order valence-electron chi connectivity index (χ0n) is 18.0. The van der Waals surface area contributed by atoms with E-state index in [1.165, 1.54) is 6.07 Å². The van der Waals surface area contributed by atoms with Gasteiger partial charge in [0.2, 0.25) is 9.84 Å². The lowest BCUT2D eigenvalue weighted by molar-refractivity contribution is -0.164. The van der Waals surface area contributed by atoms with Crippen LogP contribution in [0.1, 0.15) is 35.1 Å². The van der Waals surface area contributed by atoms with Gasteiger partial charge in [-0.05, 0) is 42.2 Å². The molecule has 2 aromatic carbocycles. The number of halogens is 4. The highest BCUT2D eigenvalue weighted by atomic mass is 32.2. The van der Waals surface area contributed by atoms with Gasteiger partial charge in [-0.2, -0.15) is 8.78 Å². The number of rotatable bonds is 2. The predicted octanol–water partition coefficient (Wildman–Crippen LogP) is 3.94. The van der Waals surface area contributed by atoms with Crippen molar-refractivity contribution in [3.8, 4) is 0 Å². The number of benzene rings is 2. The highest BCUT2D eigenvalue weighted by molar-refractivity contribution is 7.91. The van der Waals surface area contributed by atoms with E-state index in [9.17, 15) is 26.0 Å². The van der Waals surface area contributed by atoms with Gasteiger partial charge in [-0.3, -0.25) is 0 Å². The van der Waals surface area contributed by atoms with Gasteiger partial charge in [0, 0.05) is 24.0 Å². The van der Waals surface area contributed by atoms with E-state index in [2.05, 4.69) is 0 Å². The zero-order valence-corrected chi connectivity index (χ0v) is 18.8. The topological polar surface area (TPSA) is 71.1 Å². The Kier molecular flexibility index (Phi) is 5.96. The maximum Gasteiger partial charge on any atom is 0.341 e. The molecule has 6 rings (SSSR count). The Balaban J connectivity index is 0.000000150. The molecule has 4 aliphatic rings. The summed E-state index contributed by atoms with van der Waals surface area (Å²) in [6.45, 7) is 1.64. The molecule has 0 aromatic heterocycles. The lowest BCUT2D eigenvalue weighted by Gasteiger charge is -2.25. The van der Waals surface area contributed by atoms with E-state index < -0.39 is 37.9 Å². The molecule has 0 unspecified atom stereocenters. The van der Waals surface area contributed by atoms with Crippen LogP contribution in [0.3, 0.4) is 0 Å². The maximum absolute atomic E-state index is 13.8. The molecule has 0 bridgehead atoms. The van der Waals surface area contributed by atoms with Crippen LogP contribution in [0.2, 0.25) is 0 Å². The number of sulfone groups is 1. The van der Waals surface area contributed by atoms with Gasteiger partial charge in [0.05, 0.1) is 31.3 Å². The minimum absolute atomic E-state index is 0.0774. The summed E-state index contributed by atoms with van der Waals surface area (Å²) in [6, 6.07) is 6.85. The van der Waals surface area contributed by atoms with Gasteiger partial charge in [-0.15, -0.1) is 0 Å². The molecule has 34 heavy (non-hydrogen) atoms. The summed E-state index contributed by atoms with van der Waals surface area (Å²) < 4.78 is 98.3. The van der Waals surface area contributed by atoms with Crippen LogP contribution in [-0.2, 0) is 53.2 Å². The second-order valence-electron chi connectivity index (χ2n) is 8.37. The monoisotopic (exact) mass is 502 g/mol. The smallest absolute Gasteiger partial charge is 0.341 e. The van der Waals surface area contributed by atoms with E-state index in [0.717, 1.165) is 29.7 Å². The number of fused-ring (bicyclic) bond motifs is 4. The van der Waals surface area contributed by atoms with Crippen LogP contribution in [0, 0.1) is 11.6 Å². The molecule has 184 valence electrons. The number of hydrogen-bond donors (Lipinski definition) is 0. The van der Waals surface area contributed by atoms with Gasteiger partial charge in [0.15, 0.2) is 11.6 Å². The molecule has 0 N–H and O–H groups in total. The summed E-state index contributed by atoms with van der Waals surface area (Å²) in [5.74, 6) is -6.38. The molecule has 2 fully saturated rings. The van der Waals surface area contributed by atoms with Gasteiger partial charge in [-0.1, -0.05) is 12.1 Å². The lowest BCUT2D eigenvalue weighted by Crippen LogP contribution is -2.27. The Bertz CT molecular complexity index is 1200. The van der Waals surface area contributed by atoms with Crippen molar-refractivity contribution < 1.29 is 44.9 Å². The van der Waals surface area contributed by atoms with Gasteiger partial charge in [0.25, 0.3) is 0 Å². The summed E-state index contributed by atoms with van der Waals surface area (Å²) in [6.07, 6.45) is 1.86. The van der Waals surface area contributed by atoms with E-state index in [4.69, 9.17) is 18.9 Å². The second-order valence-corrected chi connectivity index (χ2v) is 10.3. The summed E-state index contributed by atoms with van der Waals surface area (Å²) >= 11 is 0. The van der Waals surface area contributed by atoms with Crippen molar-refractivity contribution in [1.29, 1.82) is 0 Å². The first-order chi connectivity index (χ1) is 16.2. The van der Waals surface area contributed by atoms with Crippen molar-refractivity contribution in [3.63, 3.8) is 0 Å². The van der Waals surface area contributed by atoms with Gasteiger partial charge >= 0.3 is 5.76 Å². The zero-order chi connectivity index (χ0) is 24.1. The van der Waals surface area contributed by atoms with Crippen LogP contribution in [0.4, 0.5) is 17.6 Å². The Hall–Kier alpha value is -2.05. The van der Waals surface area contributed by atoms with E-state index in [-0.39, 0.29) is 43.0 Å². The molecular weight excluding hydrogens is 480 g/mol. The number of alkyl halides is 2. The summed E-state index contributed by atoms with van der Waals surface area (Å²) in [7, 11) is -4.84. The Morgan fingerprint density at radius 3 is 1.97 bits per heavy atom. The van der Waals surface area contributed by atoms with E-state index in [1.54, 1.807) is 6.07 Å². The molecule has 2 saturated heterocycles. The highest BCUT2D eigenvalue weighted by Crippen LogP contribution is 2.48. The van der Waals surface area contributed by atoms with Crippen molar-refractivity contribution in [2.75, 3.05) is 26.4 Å². The largest absolute Gasteiger partial charge is 0.343 e. The number of ether oxygens (including phenoxy) is 4. The average Bonchev–Trinajstić information content (AvgIpc) is 3.60. The molecule has 2 aliphatic heterocycles. The third-order valence-electron chi connectivity index (χ3n) is 6.58. The van der Waals surface area contributed by atoms with E-state index in [0.29, 0.717) is 19.6 Å². The van der Waals surface area contributed by atoms with Crippen LogP contribution >= 0.6 is 0 Å². The van der Waals surface area contributed by atoms with Crippen molar-refractivity contribution in [3.05, 3.63) is 64.2 Å². The van der Waals surface area contributed by atoms with Crippen LogP contribution in [0.5, 0.6) is 0 Å². The van der Waals surface area contributed by atoms with Crippen LogP contribution in [0.25, 0.3) is 0 Å².